The SMILES string of the molecule is C[Si](C)(C)CCOCn1c(C2CC2)nc2c(N[C@@H]3CCOc4ccccc43)cccc21. The van der Waals surface area contributed by atoms with Gasteiger partial charge in [-0.15, -0.1) is 0 Å². The molecule has 1 atom stereocenters. The fourth-order valence-electron chi connectivity index (χ4n) is 4.28. The standard InChI is InChI=1S/C25H33N3O2Si/c1-31(2,3)16-15-29-17-28-22-9-6-8-21(24(22)27-25(28)18-11-12-18)26-20-13-14-30-23-10-5-4-7-19(20)23/h4-10,18,20,26H,11-17H2,1-3H3/t20-/m1/s1. The molecule has 31 heavy (non-hydrogen) atoms. The Morgan fingerprint density at radius 1 is 1.10 bits per heavy atom. The number of hydrogen-bond acceptors (Lipinski definition) is 4. The third kappa shape index (κ3) is 4.50. The van der Waals surface area contributed by atoms with Crippen LogP contribution >= 0.6 is 0 Å². The average Bonchev–Trinajstić information content (AvgIpc) is 3.52. The maximum absolute atomic E-state index is 6.14. The highest BCUT2D eigenvalue weighted by atomic mass is 28.3. The summed E-state index contributed by atoms with van der Waals surface area (Å²) >= 11 is 0. The Morgan fingerprint density at radius 3 is 2.74 bits per heavy atom. The van der Waals surface area contributed by atoms with Gasteiger partial charge in [-0.25, -0.2) is 4.98 Å². The number of nitrogens with one attached hydrogen (secondary N) is 1. The topological polar surface area (TPSA) is 48.3 Å². The summed E-state index contributed by atoms with van der Waals surface area (Å²) in [7, 11) is -1.09. The number of ether oxygens (including phenoxy) is 2. The Morgan fingerprint density at radius 2 is 1.94 bits per heavy atom. The van der Waals surface area contributed by atoms with Crippen molar-refractivity contribution in [3.05, 3.63) is 53.9 Å². The first-order chi connectivity index (χ1) is 15.0. The summed E-state index contributed by atoms with van der Waals surface area (Å²) in [6.45, 7) is 9.34. The van der Waals surface area contributed by atoms with Crippen LogP contribution in [0.4, 0.5) is 5.69 Å². The minimum absolute atomic E-state index is 0.234. The van der Waals surface area contributed by atoms with Gasteiger partial charge in [0, 0.05) is 32.6 Å². The molecule has 1 saturated carbocycles. The predicted octanol–water partition coefficient (Wildman–Crippen LogP) is 6.16. The van der Waals surface area contributed by atoms with Gasteiger partial charge in [-0.3, -0.25) is 0 Å². The van der Waals surface area contributed by atoms with E-state index in [2.05, 4.69) is 65.9 Å². The Hall–Kier alpha value is -2.31. The number of nitrogens with zero attached hydrogens (tertiary/aromatic N) is 2. The maximum atomic E-state index is 6.14. The Labute approximate surface area is 185 Å². The molecule has 1 aromatic heterocycles. The molecule has 1 N–H and O–H groups in total. The molecule has 164 valence electrons. The lowest BCUT2D eigenvalue weighted by atomic mass is 10.00. The smallest absolute Gasteiger partial charge is 0.124 e. The van der Waals surface area contributed by atoms with Crippen molar-refractivity contribution in [1.82, 2.24) is 9.55 Å². The molecule has 0 spiro atoms. The molecule has 5 rings (SSSR count). The van der Waals surface area contributed by atoms with Crippen LogP contribution in [-0.4, -0.2) is 30.8 Å². The van der Waals surface area contributed by atoms with E-state index >= 15 is 0 Å². The molecular weight excluding hydrogens is 402 g/mol. The van der Waals surface area contributed by atoms with Crippen molar-refractivity contribution in [2.45, 2.75) is 63.6 Å². The van der Waals surface area contributed by atoms with Crippen LogP contribution in [0, 0.1) is 0 Å². The quantitative estimate of drug-likeness (QED) is 0.340. The van der Waals surface area contributed by atoms with Crippen LogP contribution in [0.2, 0.25) is 25.7 Å². The summed E-state index contributed by atoms with van der Waals surface area (Å²) < 4.78 is 14.3. The van der Waals surface area contributed by atoms with Gasteiger partial charge in [-0.05, 0) is 37.1 Å². The summed E-state index contributed by atoms with van der Waals surface area (Å²) in [6, 6.07) is 16.2. The molecule has 6 heteroatoms. The summed E-state index contributed by atoms with van der Waals surface area (Å²) in [5, 5.41) is 3.78. The summed E-state index contributed by atoms with van der Waals surface area (Å²) in [5.74, 6) is 2.74. The van der Waals surface area contributed by atoms with Crippen molar-refractivity contribution < 1.29 is 9.47 Å². The first-order valence-electron chi connectivity index (χ1n) is 11.5. The summed E-state index contributed by atoms with van der Waals surface area (Å²) in [6.07, 6.45) is 3.41. The van der Waals surface area contributed by atoms with E-state index in [0.717, 1.165) is 36.6 Å². The molecule has 3 aromatic rings. The highest BCUT2D eigenvalue weighted by Crippen LogP contribution is 2.42. The molecule has 0 bridgehead atoms. The number of rotatable bonds is 8. The molecule has 0 radical (unpaired) electrons. The molecule has 5 nitrogen and oxygen atoms in total. The molecular formula is C25H33N3O2Si. The monoisotopic (exact) mass is 435 g/mol. The van der Waals surface area contributed by atoms with Gasteiger partial charge in [0.05, 0.1) is 23.9 Å². The number of para-hydroxylation sites is 2. The van der Waals surface area contributed by atoms with E-state index in [9.17, 15) is 0 Å². The second-order valence-electron chi connectivity index (χ2n) is 10.1. The van der Waals surface area contributed by atoms with Crippen LogP contribution in [0.5, 0.6) is 5.75 Å². The molecule has 0 amide bonds. The van der Waals surface area contributed by atoms with Gasteiger partial charge in [0.1, 0.15) is 23.8 Å². The molecule has 0 unspecified atom stereocenters. The number of anilines is 1. The van der Waals surface area contributed by atoms with Gasteiger partial charge in [-0.2, -0.15) is 0 Å². The molecule has 2 heterocycles. The van der Waals surface area contributed by atoms with Gasteiger partial charge >= 0.3 is 0 Å². The first-order valence-corrected chi connectivity index (χ1v) is 15.3. The van der Waals surface area contributed by atoms with Crippen LogP contribution in [0.15, 0.2) is 42.5 Å². The van der Waals surface area contributed by atoms with Crippen molar-refractivity contribution in [3.8, 4) is 5.75 Å². The molecule has 2 aromatic carbocycles. The van der Waals surface area contributed by atoms with Crippen LogP contribution < -0.4 is 10.1 Å². The third-order valence-corrected chi connectivity index (χ3v) is 7.96. The van der Waals surface area contributed by atoms with Crippen molar-refractivity contribution >= 4 is 24.8 Å². The Kier molecular flexibility index (Phi) is 5.52. The lowest BCUT2D eigenvalue weighted by molar-refractivity contribution is 0.0879. The second-order valence-corrected chi connectivity index (χ2v) is 15.7. The van der Waals surface area contributed by atoms with E-state index in [1.807, 2.05) is 6.07 Å². The average molecular weight is 436 g/mol. The van der Waals surface area contributed by atoms with E-state index in [0.29, 0.717) is 12.6 Å². The fourth-order valence-corrected chi connectivity index (χ4v) is 5.04. The predicted molar refractivity (Wildman–Crippen MR) is 129 cm³/mol. The van der Waals surface area contributed by atoms with E-state index in [-0.39, 0.29) is 6.04 Å². The first kappa shape index (κ1) is 20.6. The zero-order chi connectivity index (χ0) is 21.4. The number of benzene rings is 2. The van der Waals surface area contributed by atoms with Crippen molar-refractivity contribution in [2.24, 2.45) is 0 Å². The van der Waals surface area contributed by atoms with Crippen molar-refractivity contribution in [3.63, 3.8) is 0 Å². The highest BCUT2D eigenvalue weighted by Gasteiger charge is 2.30. The molecule has 1 aliphatic heterocycles. The number of imidazole rings is 1. The largest absolute Gasteiger partial charge is 0.493 e. The van der Waals surface area contributed by atoms with Gasteiger partial charge < -0.3 is 19.4 Å². The zero-order valence-electron chi connectivity index (χ0n) is 18.9. The number of aromatic nitrogens is 2. The minimum Gasteiger partial charge on any atom is -0.493 e. The van der Waals surface area contributed by atoms with E-state index < -0.39 is 8.07 Å². The van der Waals surface area contributed by atoms with Gasteiger partial charge in [0.2, 0.25) is 0 Å². The lowest BCUT2D eigenvalue weighted by Gasteiger charge is -2.27. The van der Waals surface area contributed by atoms with Gasteiger partial charge in [0.15, 0.2) is 0 Å². The van der Waals surface area contributed by atoms with E-state index in [1.165, 1.54) is 35.8 Å². The van der Waals surface area contributed by atoms with Crippen LogP contribution in [-0.2, 0) is 11.5 Å². The lowest BCUT2D eigenvalue weighted by Crippen LogP contribution is -2.22. The normalized spacial score (nSPS) is 18.6. The molecule has 2 aliphatic rings. The molecule has 0 saturated heterocycles. The Balaban J connectivity index is 1.42. The van der Waals surface area contributed by atoms with E-state index in [4.69, 9.17) is 14.5 Å². The van der Waals surface area contributed by atoms with Crippen LogP contribution in [0.3, 0.4) is 0 Å². The highest BCUT2D eigenvalue weighted by molar-refractivity contribution is 6.76. The molecule has 1 aliphatic carbocycles. The summed E-state index contributed by atoms with van der Waals surface area (Å²) in [4.78, 5) is 5.12. The number of fused-ring (bicyclic) bond motifs is 2. The summed E-state index contributed by atoms with van der Waals surface area (Å²) in [5.41, 5.74) is 4.55. The third-order valence-electron chi connectivity index (χ3n) is 6.26. The van der Waals surface area contributed by atoms with Gasteiger partial charge in [0.25, 0.3) is 0 Å². The Bertz CT molecular complexity index is 1070. The van der Waals surface area contributed by atoms with Crippen LogP contribution in [0.1, 0.15) is 42.6 Å². The fraction of sp³-hybridized carbons (Fsp3) is 0.480. The van der Waals surface area contributed by atoms with Crippen molar-refractivity contribution in [2.75, 3.05) is 18.5 Å². The van der Waals surface area contributed by atoms with E-state index in [1.54, 1.807) is 0 Å². The molecule has 1 fully saturated rings. The van der Waals surface area contributed by atoms with Crippen molar-refractivity contribution in [1.29, 1.82) is 0 Å². The minimum atomic E-state index is -1.09. The zero-order valence-corrected chi connectivity index (χ0v) is 19.9. The maximum Gasteiger partial charge on any atom is 0.124 e. The second kappa shape index (κ2) is 8.32. The van der Waals surface area contributed by atoms with Gasteiger partial charge in [-0.1, -0.05) is 43.9 Å². The number of hydrogen-bond donors (Lipinski definition) is 1. The van der Waals surface area contributed by atoms with Crippen LogP contribution in [0.25, 0.3) is 11.0 Å².